The van der Waals surface area contributed by atoms with Gasteiger partial charge in [-0.2, -0.15) is 0 Å². The molecule has 100 valence electrons. The zero-order valence-electron chi connectivity index (χ0n) is 11.5. The maximum atomic E-state index is 5.98. The first-order valence-electron chi connectivity index (χ1n) is 6.39. The van der Waals surface area contributed by atoms with Gasteiger partial charge in [-0.05, 0) is 40.8 Å². The van der Waals surface area contributed by atoms with E-state index in [4.69, 9.17) is 23.2 Å². The highest BCUT2D eigenvalue weighted by atomic mass is 35.5. The molecule has 0 aliphatic rings. The highest BCUT2D eigenvalue weighted by Crippen LogP contribution is 2.40. The second-order valence-corrected chi connectivity index (χ2v) is 6.78. The summed E-state index contributed by atoms with van der Waals surface area (Å²) in [6.45, 7) is 6.75. The molecular formula is C17H18Cl2. The number of hydrogen-bond acceptors (Lipinski definition) is 0. The van der Waals surface area contributed by atoms with Crippen LogP contribution in [0.5, 0.6) is 0 Å². The number of rotatable bonds is 2. The first-order chi connectivity index (χ1) is 8.88. The molecule has 0 spiro atoms. The van der Waals surface area contributed by atoms with Gasteiger partial charge in [-0.15, -0.1) is 0 Å². The van der Waals surface area contributed by atoms with Gasteiger partial charge in [-0.1, -0.05) is 68.2 Å². The molecule has 0 saturated heterocycles. The summed E-state index contributed by atoms with van der Waals surface area (Å²) >= 11 is 12.0. The maximum Gasteiger partial charge on any atom is 0.0406 e. The molecule has 2 heteroatoms. The second kappa shape index (κ2) is 5.56. The van der Waals surface area contributed by atoms with Crippen LogP contribution in [-0.2, 0) is 0 Å². The van der Waals surface area contributed by atoms with Gasteiger partial charge < -0.3 is 0 Å². The Morgan fingerprint density at radius 1 is 0.684 bits per heavy atom. The zero-order valence-corrected chi connectivity index (χ0v) is 13.0. The van der Waals surface area contributed by atoms with Gasteiger partial charge in [0.2, 0.25) is 0 Å². The van der Waals surface area contributed by atoms with E-state index in [0.29, 0.717) is 5.92 Å². The van der Waals surface area contributed by atoms with E-state index in [0.717, 1.165) is 10.0 Å². The number of halogens is 2. The average Bonchev–Trinajstić information content (AvgIpc) is 2.33. The standard InChI is InChI=1S/C17H18Cl2/c1-17(2,3)16(12-4-8-14(18)9-5-12)13-6-10-15(19)11-7-13/h4-11,16H,1-3H3. The summed E-state index contributed by atoms with van der Waals surface area (Å²) in [5.74, 6) is 0.321. The predicted molar refractivity (Wildman–Crippen MR) is 84.2 cm³/mol. The molecule has 2 rings (SSSR count). The molecule has 0 aromatic heterocycles. The molecule has 0 N–H and O–H groups in total. The molecule has 0 bridgehead atoms. The van der Waals surface area contributed by atoms with Crippen LogP contribution in [0.3, 0.4) is 0 Å². The largest absolute Gasteiger partial charge is 0.0843 e. The van der Waals surface area contributed by atoms with Gasteiger partial charge in [0, 0.05) is 16.0 Å². The van der Waals surface area contributed by atoms with Crippen molar-refractivity contribution < 1.29 is 0 Å². The van der Waals surface area contributed by atoms with Crippen LogP contribution in [0, 0.1) is 5.41 Å². The van der Waals surface area contributed by atoms with Crippen LogP contribution in [0.15, 0.2) is 48.5 Å². The van der Waals surface area contributed by atoms with Crippen LogP contribution in [0.2, 0.25) is 10.0 Å². The Labute approximate surface area is 125 Å². The third-order valence-electron chi connectivity index (χ3n) is 3.27. The van der Waals surface area contributed by atoms with Crippen LogP contribution in [-0.4, -0.2) is 0 Å². The minimum absolute atomic E-state index is 0.127. The minimum Gasteiger partial charge on any atom is -0.0843 e. The molecule has 0 aliphatic carbocycles. The summed E-state index contributed by atoms with van der Waals surface area (Å²) in [7, 11) is 0. The Morgan fingerprint density at radius 2 is 1.00 bits per heavy atom. The highest BCUT2D eigenvalue weighted by molar-refractivity contribution is 6.30. The summed E-state index contributed by atoms with van der Waals surface area (Å²) in [6.07, 6.45) is 0. The Morgan fingerprint density at radius 3 is 1.26 bits per heavy atom. The lowest BCUT2D eigenvalue weighted by atomic mass is 9.73. The van der Waals surface area contributed by atoms with Crippen molar-refractivity contribution in [1.82, 2.24) is 0 Å². The Kier molecular flexibility index (Phi) is 4.23. The topological polar surface area (TPSA) is 0 Å². The quantitative estimate of drug-likeness (QED) is 0.621. The molecule has 0 heterocycles. The fourth-order valence-electron chi connectivity index (χ4n) is 2.50. The molecule has 0 atom stereocenters. The van der Waals surface area contributed by atoms with Crippen molar-refractivity contribution in [2.24, 2.45) is 5.41 Å². The smallest absolute Gasteiger partial charge is 0.0406 e. The van der Waals surface area contributed by atoms with Gasteiger partial charge >= 0.3 is 0 Å². The first kappa shape index (κ1) is 14.4. The van der Waals surface area contributed by atoms with Crippen LogP contribution in [0.4, 0.5) is 0 Å². The fraction of sp³-hybridized carbons (Fsp3) is 0.294. The molecular weight excluding hydrogens is 275 g/mol. The van der Waals surface area contributed by atoms with Gasteiger partial charge in [0.25, 0.3) is 0 Å². The lowest BCUT2D eigenvalue weighted by Crippen LogP contribution is -2.19. The fourth-order valence-corrected chi connectivity index (χ4v) is 2.75. The summed E-state index contributed by atoms with van der Waals surface area (Å²) in [5.41, 5.74) is 2.68. The van der Waals surface area contributed by atoms with Crippen molar-refractivity contribution in [1.29, 1.82) is 0 Å². The highest BCUT2D eigenvalue weighted by Gasteiger charge is 2.27. The minimum atomic E-state index is 0.127. The SMILES string of the molecule is CC(C)(C)C(c1ccc(Cl)cc1)c1ccc(Cl)cc1. The molecule has 19 heavy (non-hydrogen) atoms. The van der Waals surface area contributed by atoms with Gasteiger partial charge in [-0.25, -0.2) is 0 Å². The van der Waals surface area contributed by atoms with E-state index in [1.165, 1.54) is 11.1 Å². The van der Waals surface area contributed by atoms with E-state index in [9.17, 15) is 0 Å². The second-order valence-electron chi connectivity index (χ2n) is 5.90. The van der Waals surface area contributed by atoms with Crippen LogP contribution in [0.1, 0.15) is 37.8 Å². The first-order valence-corrected chi connectivity index (χ1v) is 7.14. The van der Waals surface area contributed by atoms with E-state index < -0.39 is 0 Å². The molecule has 0 saturated carbocycles. The van der Waals surface area contributed by atoms with Crippen molar-refractivity contribution in [3.8, 4) is 0 Å². The summed E-state index contributed by atoms with van der Waals surface area (Å²) < 4.78 is 0. The Bertz CT molecular complexity index is 487. The van der Waals surface area contributed by atoms with Crippen LogP contribution in [0.25, 0.3) is 0 Å². The summed E-state index contributed by atoms with van der Waals surface area (Å²) in [6, 6.07) is 16.2. The lowest BCUT2D eigenvalue weighted by Gasteiger charge is -2.32. The van der Waals surface area contributed by atoms with E-state index in [1.807, 2.05) is 24.3 Å². The Hall–Kier alpha value is -0.980. The molecule has 2 aromatic carbocycles. The monoisotopic (exact) mass is 292 g/mol. The summed E-state index contributed by atoms with van der Waals surface area (Å²) in [5, 5.41) is 1.54. The van der Waals surface area contributed by atoms with Crippen molar-refractivity contribution in [3.63, 3.8) is 0 Å². The normalized spacial score (nSPS) is 11.9. The zero-order chi connectivity index (χ0) is 14.0. The van der Waals surface area contributed by atoms with Gasteiger partial charge in [-0.3, -0.25) is 0 Å². The van der Waals surface area contributed by atoms with E-state index >= 15 is 0 Å². The molecule has 2 aromatic rings. The predicted octanol–water partition coefficient (Wildman–Crippen LogP) is 6.17. The van der Waals surface area contributed by atoms with E-state index in [1.54, 1.807) is 0 Å². The van der Waals surface area contributed by atoms with Crippen LogP contribution >= 0.6 is 23.2 Å². The molecule has 0 aliphatic heterocycles. The lowest BCUT2D eigenvalue weighted by molar-refractivity contribution is 0.358. The molecule has 0 radical (unpaired) electrons. The number of hydrogen-bond donors (Lipinski definition) is 0. The molecule has 0 fully saturated rings. The van der Waals surface area contributed by atoms with Gasteiger partial charge in [0.15, 0.2) is 0 Å². The van der Waals surface area contributed by atoms with Gasteiger partial charge in [0.1, 0.15) is 0 Å². The molecule has 0 nitrogen and oxygen atoms in total. The van der Waals surface area contributed by atoms with Crippen LogP contribution < -0.4 is 0 Å². The average molecular weight is 293 g/mol. The van der Waals surface area contributed by atoms with E-state index in [2.05, 4.69) is 45.0 Å². The molecule has 0 amide bonds. The van der Waals surface area contributed by atoms with Gasteiger partial charge in [0.05, 0.1) is 0 Å². The Balaban J connectivity index is 2.47. The van der Waals surface area contributed by atoms with Crippen molar-refractivity contribution in [3.05, 3.63) is 69.7 Å². The van der Waals surface area contributed by atoms with E-state index in [-0.39, 0.29) is 5.41 Å². The van der Waals surface area contributed by atoms with Crippen molar-refractivity contribution >= 4 is 23.2 Å². The maximum absolute atomic E-state index is 5.98. The third kappa shape index (κ3) is 3.52. The van der Waals surface area contributed by atoms with Crippen molar-refractivity contribution in [2.75, 3.05) is 0 Å². The molecule has 0 unspecified atom stereocenters. The summed E-state index contributed by atoms with van der Waals surface area (Å²) in [4.78, 5) is 0. The third-order valence-corrected chi connectivity index (χ3v) is 3.78. The number of benzene rings is 2. The van der Waals surface area contributed by atoms with Crippen molar-refractivity contribution in [2.45, 2.75) is 26.7 Å².